The molecule has 2 atom stereocenters. The minimum atomic E-state index is -3.99. The van der Waals surface area contributed by atoms with Crippen LogP contribution in [0.4, 0.5) is 11.4 Å². The molecule has 1 fully saturated rings. The van der Waals surface area contributed by atoms with Crippen molar-refractivity contribution in [1.29, 1.82) is 0 Å². The molecule has 0 spiro atoms. The van der Waals surface area contributed by atoms with Gasteiger partial charge in [0, 0.05) is 18.6 Å². The Morgan fingerprint density at radius 3 is 2.55 bits per heavy atom. The van der Waals surface area contributed by atoms with Gasteiger partial charge in [0.05, 0.1) is 22.4 Å². The standard InChI is InChI=1S/C19H19N3O6S/c1-12-2-5-14(6-3-12)29(26,27)21-11-18(15-7-9-19(23)20-15)28-17-8-4-13(22(24)25)10-16(17)21/h2-6,8,10,15,18H,7,9,11H2,1H3,(H,20,23). The monoisotopic (exact) mass is 417 g/mol. The number of hydrogen-bond donors (Lipinski definition) is 1. The third-order valence-electron chi connectivity index (χ3n) is 5.13. The lowest BCUT2D eigenvalue weighted by atomic mass is 10.1. The van der Waals surface area contributed by atoms with Crippen molar-refractivity contribution in [3.8, 4) is 5.75 Å². The number of amides is 1. The number of rotatable bonds is 4. The molecule has 1 N–H and O–H groups in total. The van der Waals surface area contributed by atoms with Crippen LogP contribution >= 0.6 is 0 Å². The molecule has 0 aromatic heterocycles. The van der Waals surface area contributed by atoms with Crippen LogP contribution in [0.5, 0.6) is 5.75 Å². The number of non-ortho nitro benzene ring substituents is 1. The highest BCUT2D eigenvalue weighted by atomic mass is 32.2. The van der Waals surface area contributed by atoms with Gasteiger partial charge in [-0.05, 0) is 31.5 Å². The van der Waals surface area contributed by atoms with Crippen LogP contribution in [0, 0.1) is 17.0 Å². The van der Waals surface area contributed by atoms with Crippen molar-refractivity contribution in [1.82, 2.24) is 5.32 Å². The van der Waals surface area contributed by atoms with Crippen LogP contribution in [-0.4, -0.2) is 37.9 Å². The third kappa shape index (κ3) is 3.51. The van der Waals surface area contributed by atoms with Gasteiger partial charge >= 0.3 is 0 Å². The molecule has 29 heavy (non-hydrogen) atoms. The fourth-order valence-electron chi connectivity index (χ4n) is 3.57. The van der Waals surface area contributed by atoms with E-state index in [-0.39, 0.29) is 40.5 Å². The zero-order chi connectivity index (χ0) is 20.8. The number of sulfonamides is 1. The van der Waals surface area contributed by atoms with E-state index in [1.807, 2.05) is 6.92 Å². The van der Waals surface area contributed by atoms with Gasteiger partial charge in [0.1, 0.15) is 17.5 Å². The Morgan fingerprint density at radius 1 is 1.21 bits per heavy atom. The molecular weight excluding hydrogens is 398 g/mol. The molecule has 2 aliphatic rings. The molecule has 152 valence electrons. The second kappa shape index (κ2) is 7.03. The molecule has 0 aliphatic carbocycles. The molecule has 4 rings (SSSR count). The largest absolute Gasteiger partial charge is 0.484 e. The van der Waals surface area contributed by atoms with Gasteiger partial charge in [-0.2, -0.15) is 0 Å². The fraction of sp³-hybridized carbons (Fsp3) is 0.316. The maximum absolute atomic E-state index is 13.4. The highest BCUT2D eigenvalue weighted by Gasteiger charge is 2.40. The van der Waals surface area contributed by atoms with E-state index in [9.17, 15) is 23.3 Å². The summed E-state index contributed by atoms with van der Waals surface area (Å²) in [6, 6.07) is 9.92. The molecule has 0 saturated carbocycles. The number of carbonyl (C=O) groups is 1. The predicted octanol–water partition coefficient (Wildman–Crippen LogP) is 2.14. The van der Waals surface area contributed by atoms with E-state index in [1.165, 1.54) is 30.3 Å². The molecule has 1 amide bonds. The highest BCUT2D eigenvalue weighted by molar-refractivity contribution is 7.92. The molecule has 2 aliphatic heterocycles. The first-order chi connectivity index (χ1) is 13.8. The summed E-state index contributed by atoms with van der Waals surface area (Å²) in [5.74, 6) is 0.115. The van der Waals surface area contributed by atoms with Crippen LogP contribution in [0.15, 0.2) is 47.4 Å². The number of benzene rings is 2. The van der Waals surface area contributed by atoms with Gasteiger partial charge in [-0.1, -0.05) is 17.7 Å². The van der Waals surface area contributed by atoms with Gasteiger partial charge in [0.15, 0.2) is 0 Å². The van der Waals surface area contributed by atoms with E-state index in [2.05, 4.69) is 5.32 Å². The maximum Gasteiger partial charge on any atom is 0.271 e. The van der Waals surface area contributed by atoms with Crippen molar-refractivity contribution >= 4 is 27.3 Å². The van der Waals surface area contributed by atoms with E-state index in [1.54, 1.807) is 12.1 Å². The van der Waals surface area contributed by atoms with Crippen molar-refractivity contribution in [2.45, 2.75) is 36.8 Å². The van der Waals surface area contributed by atoms with Gasteiger partial charge in [0.25, 0.3) is 15.7 Å². The lowest BCUT2D eigenvalue weighted by molar-refractivity contribution is -0.384. The number of hydrogen-bond acceptors (Lipinski definition) is 6. The molecule has 9 nitrogen and oxygen atoms in total. The molecule has 2 heterocycles. The van der Waals surface area contributed by atoms with Crippen LogP contribution in [0.3, 0.4) is 0 Å². The summed E-state index contributed by atoms with van der Waals surface area (Å²) in [6.45, 7) is 1.79. The maximum atomic E-state index is 13.4. The topological polar surface area (TPSA) is 119 Å². The van der Waals surface area contributed by atoms with Crippen molar-refractivity contribution < 1.29 is 22.9 Å². The summed E-state index contributed by atoms with van der Waals surface area (Å²) in [4.78, 5) is 22.3. The number of fused-ring (bicyclic) bond motifs is 1. The fourth-order valence-corrected chi connectivity index (χ4v) is 5.05. The SMILES string of the molecule is Cc1ccc(S(=O)(=O)N2CC(C3CCC(=O)N3)Oc3ccc([N+](=O)[O-])cc32)cc1. The van der Waals surface area contributed by atoms with Crippen LogP contribution in [0.1, 0.15) is 18.4 Å². The lowest BCUT2D eigenvalue weighted by Gasteiger charge is -2.37. The van der Waals surface area contributed by atoms with E-state index >= 15 is 0 Å². The van der Waals surface area contributed by atoms with Gasteiger partial charge in [-0.3, -0.25) is 19.2 Å². The molecule has 1 saturated heterocycles. The van der Waals surface area contributed by atoms with E-state index in [4.69, 9.17) is 4.74 Å². The van der Waals surface area contributed by atoms with E-state index in [0.29, 0.717) is 12.8 Å². The molecule has 2 aromatic carbocycles. The zero-order valence-electron chi connectivity index (χ0n) is 15.6. The molecule has 2 unspecified atom stereocenters. The number of ether oxygens (including phenoxy) is 1. The zero-order valence-corrected chi connectivity index (χ0v) is 16.4. The second-order valence-electron chi connectivity index (χ2n) is 7.13. The minimum Gasteiger partial charge on any atom is -0.484 e. The van der Waals surface area contributed by atoms with E-state index in [0.717, 1.165) is 9.87 Å². The van der Waals surface area contributed by atoms with Gasteiger partial charge in [0.2, 0.25) is 5.91 Å². The Bertz CT molecular complexity index is 1080. The number of nitro groups is 1. The Labute approximate surface area is 167 Å². The normalized spacial score (nSPS) is 21.3. The molecule has 2 aromatic rings. The molecule has 10 heteroatoms. The predicted molar refractivity (Wildman–Crippen MR) is 104 cm³/mol. The Kier molecular flexibility index (Phi) is 4.65. The van der Waals surface area contributed by atoms with E-state index < -0.39 is 21.1 Å². The molecule has 0 radical (unpaired) electrons. The summed E-state index contributed by atoms with van der Waals surface area (Å²) >= 11 is 0. The minimum absolute atomic E-state index is 0.0602. The third-order valence-corrected chi connectivity index (χ3v) is 6.93. The number of nitro benzene ring substituents is 1. The quantitative estimate of drug-likeness (QED) is 0.601. The smallest absolute Gasteiger partial charge is 0.271 e. The molecular formula is C19H19N3O6S. The van der Waals surface area contributed by atoms with Crippen molar-refractivity contribution in [3.05, 3.63) is 58.1 Å². The van der Waals surface area contributed by atoms with Crippen LogP contribution in [-0.2, 0) is 14.8 Å². The second-order valence-corrected chi connectivity index (χ2v) is 8.99. The van der Waals surface area contributed by atoms with Crippen LogP contribution in [0.2, 0.25) is 0 Å². The number of aryl methyl sites for hydroxylation is 1. The van der Waals surface area contributed by atoms with Crippen LogP contribution < -0.4 is 14.4 Å². The summed E-state index contributed by atoms with van der Waals surface area (Å²) in [7, 11) is -3.99. The van der Waals surface area contributed by atoms with Crippen molar-refractivity contribution in [3.63, 3.8) is 0 Å². The first-order valence-corrected chi connectivity index (χ1v) is 10.5. The van der Waals surface area contributed by atoms with Crippen LogP contribution in [0.25, 0.3) is 0 Å². The summed E-state index contributed by atoms with van der Waals surface area (Å²) in [6.07, 6.45) is 0.280. The number of nitrogens with zero attached hydrogens (tertiary/aromatic N) is 2. The van der Waals surface area contributed by atoms with Crippen molar-refractivity contribution in [2.75, 3.05) is 10.8 Å². The Hall–Kier alpha value is -3.14. The lowest BCUT2D eigenvalue weighted by Crippen LogP contribution is -2.51. The average Bonchev–Trinajstić information content (AvgIpc) is 3.13. The van der Waals surface area contributed by atoms with Gasteiger partial charge in [-0.15, -0.1) is 0 Å². The number of anilines is 1. The Balaban J connectivity index is 1.79. The highest BCUT2D eigenvalue weighted by Crippen LogP contribution is 2.40. The van der Waals surface area contributed by atoms with Gasteiger partial charge in [-0.25, -0.2) is 8.42 Å². The first kappa shape index (κ1) is 19.2. The summed E-state index contributed by atoms with van der Waals surface area (Å²) in [5.41, 5.74) is 0.790. The van der Waals surface area contributed by atoms with Crippen molar-refractivity contribution in [2.24, 2.45) is 0 Å². The van der Waals surface area contributed by atoms with Gasteiger partial charge < -0.3 is 10.1 Å². The number of nitrogens with one attached hydrogen (secondary N) is 1. The Morgan fingerprint density at radius 2 is 1.93 bits per heavy atom. The summed E-state index contributed by atoms with van der Waals surface area (Å²) in [5, 5.41) is 14.0. The molecule has 0 bridgehead atoms. The summed E-state index contributed by atoms with van der Waals surface area (Å²) < 4.78 is 33.8. The number of carbonyl (C=O) groups excluding carboxylic acids is 1. The first-order valence-electron chi connectivity index (χ1n) is 9.09. The average molecular weight is 417 g/mol.